The van der Waals surface area contributed by atoms with Gasteiger partial charge in [-0.3, -0.25) is 4.79 Å². The van der Waals surface area contributed by atoms with Crippen molar-refractivity contribution in [2.24, 2.45) is 0 Å². The molecule has 1 aliphatic rings. The summed E-state index contributed by atoms with van der Waals surface area (Å²) < 4.78 is 24.6. The molecule has 1 fully saturated rings. The van der Waals surface area contributed by atoms with Gasteiger partial charge in [-0.05, 0) is 18.6 Å². The van der Waals surface area contributed by atoms with Crippen LogP contribution in [0.1, 0.15) is 39.8 Å². The highest BCUT2D eigenvalue weighted by Gasteiger charge is 2.31. The van der Waals surface area contributed by atoms with E-state index in [9.17, 15) is 14.0 Å². The van der Waals surface area contributed by atoms with Gasteiger partial charge in [-0.2, -0.15) is 9.37 Å². The fraction of sp³-hybridized carbons (Fsp3) is 0.368. The van der Waals surface area contributed by atoms with E-state index in [4.69, 9.17) is 9.47 Å². The highest BCUT2D eigenvalue weighted by atomic mass is 19.1. The van der Waals surface area contributed by atoms with E-state index in [2.05, 4.69) is 9.97 Å². The Hall–Kier alpha value is -3.03. The average molecular weight is 373 g/mol. The molecule has 1 unspecified atom stereocenters. The third-order valence-electron chi connectivity index (χ3n) is 4.44. The highest BCUT2D eigenvalue weighted by Crippen LogP contribution is 2.23. The molecule has 0 bridgehead atoms. The zero-order valence-electron chi connectivity index (χ0n) is 15.1. The van der Waals surface area contributed by atoms with Crippen molar-refractivity contribution in [3.8, 4) is 5.88 Å². The Labute approximate surface area is 156 Å². The molecule has 1 aromatic heterocycles. The number of methoxy groups -OCH3 is 1. The van der Waals surface area contributed by atoms with E-state index in [-0.39, 0.29) is 41.3 Å². The molecule has 1 amide bonds. The van der Waals surface area contributed by atoms with Crippen LogP contribution in [-0.4, -0.2) is 53.0 Å². The van der Waals surface area contributed by atoms with Gasteiger partial charge in [0, 0.05) is 13.0 Å². The highest BCUT2D eigenvalue weighted by molar-refractivity contribution is 6.05. The fourth-order valence-corrected chi connectivity index (χ4v) is 3.01. The summed E-state index contributed by atoms with van der Waals surface area (Å²) in [6, 6.07) is 6.49. The van der Waals surface area contributed by atoms with Crippen molar-refractivity contribution in [3.63, 3.8) is 0 Å². The van der Waals surface area contributed by atoms with Crippen LogP contribution in [0.25, 0.3) is 0 Å². The van der Waals surface area contributed by atoms with Crippen LogP contribution in [-0.2, 0) is 11.2 Å². The van der Waals surface area contributed by atoms with Crippen molar-refractivity contribution >= 4 is 11.9 Å². The van der Waals surface area contributed by atoms with E-state index >= 15 is 0 Å². The predicted molar refractivity (Wildman–Crippen MR) is 94.1 cm³/mol. The zero-order chi connectivity index (χ0) is 19.4. The van der Waals surface area contributed by atoms with Crippen LogP contribution in [0.4, 0.5) is 4.39 Å². The minimum atomic E-state index is -0.569. The first-order valence-electron chi connectivity index (χ1n) is 8.67. The maximum atomic E-state index is 14.2. The Morgan fingerprint density at radius 2 is 2.00 bits per heavy atom. The summed E-state index contributed by atoms with van der Waals surface area (Å²) in [6.45, 7) is 2.51. The molecule has 142 valence electrons. The maximum Gasteiger partial charge on any atom is 0.338 e. The Morgan fingerprint density at radius 1 is 1.26 bits per heavy atom. The van der Waals surface area contributed by atoms with Crippen LogP contribution in [0.2, 0.25) is 0 Å². The van der Waals surface area contributed by atoms with Crippen LogP contribution in [0.3, 0.4) is 0 Å². The van der Waals surface area contributed by atoms with Crippen molar-refractivity contribution < 1.29 is 23.5 Å². The number of ether oxygens (including phenoxy) is 2. The lowest BCUT2D eigenvalue weighted by molar-refractivity contribution is 0.0591. The van der Waals surface area contributed by atoms with Gasteiger partial charge in [0.1, 0.15) is 12.4 Å². The van der Waals surface area contributed by atoms with Gasteiger partial charge >= 0.3 is 5.97 Å². The summed E-state index contributed by atoms with van der Waals surface area (Å²) in [4.78, 5) is 34.0. The molecule has 0 aliphatic carbocycles. The molecule has 0 saturated carbocycles. The minimum absolute atomic E-state index is 0.101. The molecule has 3 rings (SSSR count). The minimum Gasteiger partial charge on any atom is -0.470 e. The molecule has 0 spiro atoms. The number of halogens is 1. The largest absolute Gasteiger partial charge is 0.470 e. The monoisotopic (exact) mass is 373 g/mol. The van der Waals surface area contributed by atoms with Gasteiger partial charge in [-0.15, -0.1) is 0 Å². The van der Waals surface area contributed by atoms with Crippen LogP contribution in [0.5, 0.6) is 5.88 Å². The average Bonchev–Trinajstić information content (AvgIpc) is 3.17. The molecule has 1 saturated heterocycles. The van der Waals surface area contributed by atoms with E-state index in [1.165, 1.54) is 13.4 Å². The lowest BCUT2D eigenvalue weighted by atomic mass is 10.1. The molecule has 1 aromatic carbocycles. The number of carbonyl (C=O) groups excluding carboxylic acids is 2. The molecule has 1 atom stereocenters. The van der Waals surface area contributed by atoms with E-state index in [1.807, 2.05) is 0 Å². The number of hydrogen-bond acceptors (Lipinski definition) is 6. The number of benzene rings is 1. The Kier molecular flexibility index (Phi) is 5.63. The molecule has 7 nitrogen and oxygen atoms in total. The van der Waals surface area contributed by atoms with E-state index < -0.39 is 11.8 Å². The number of aryl methyl sites for hydroxylation is 1. The smallest absolute Gasteiger partial charge is 0.338 e. The molecule has 27 heavy (non-hydrogen) atoms. The van der Waals surface area contributed by atoms with Crippen molar-refractivity contribution in [2.75, 3.05) is 20.2 Å². The number of carbonyl (C=O) groups is 2. The molecule has 8 heteroatoms. The maximum absolute atomic E-state index is 14.2. The van der Waals surface area contributed by atoms with Crippen LogP contribution < -0.4 is 4.74 Å². The van der Waals surface area contributed by atoms with E-state index in [1.54, 1.807) is 36.1 Å². The lowest BCUT2D eigenvalue weighted by Crippen LogP contribution is -2.32. The number of aromatic nitrogens is 2. The topological polar surface area (TPSA) is 81.6 Å². The van der Waals surface area contributed by atoms with Crippen LogP contribution in [0.15, 0.2) is 30.6 Å². The van der Waals surface area contributed by atoms with Crippen molar-refractivity contribution in [2.45, 2.75) is 25.9 Å². The number of amides is 1. The van der Waals surface area contributed by atoms with Gasteiger partial charge in [0.05, 0.1) is 30.5 Å². The first-order valence-corrected chi connectivity index (χ1v) is 8.67. The molecule has 1 aliphatic heterocycles. The van der Waals surface area contributed by atoms with Crippen molar-refractivity contribution in [1.29, 1.82) is 0 Å². The number of nitrogens with zero attached hydrogens (tertiary/aromatic N) is 3. The van der Waals surface area contributed by atoms with Crippen LogP contribution in [0, 0.1) is 5.82 Å². The standard InChI is InChI=1S/C19H20FN3O4/c1-3-15-16(20)17(22-11-21-15)27-12-8-9-23(10-12)18(24)13-6-4-5-7-14(13)19(25)26-2/h4-7,11-12H,3,8-10H2,1-2H3. The molecule has 2 aromatic rings. The second kappa shape index (κ2) is 8.11. The van der Waals surface area contributed by atoms with Gasteiger partial charge < -0.3 is 14.4 Å². The summed E-state index contributed by atoms with van der Waals surface area (Å²) in [5.41, 5.74) is 0.772. The Balaban J connectivity index is 1.72. The summed E-state index contributed by atoms with van der Waals surface area (Å²) >= 11 is 0. The first kappa shape index (κ1) is 18.8. The van der Waals surface area contributed by atoms with E-state index in [0.29, 0.717) is 19.4 Å². The fourth-order valence-electron chi connectivity index (χ4n) is 3.01. The lowest BCUT2D eigenvalue weighted by Gasteiger charge is -2.18. The molecule has 2 heterocycles. The molecular formula is C19H20FN3O4. The van der Waals surface area contributed by atoms with Gasteiger partial charge in [0.15, 0.2) is 0 Å². The van der Waals surface area contributed by atoms with Crippen molar-refractivity contribution in [3.05, 3.63) is 53.2 Å². The number of esters is 1. The predicted octanol–water partition coefficient (Wildman–Crippen LogP) is 2.26. The summed E-state index contributed by atoms with van der Waals surface area (Å²) in [7, 11) is 1.27. The number of likely N-dealkylation sites (tertiary alicyclic amines) is 1. The third kappa shape index (κ3) is 3.89. The van der Waals surface area contributed by atoms with E-state index in [0.717, 1.165) is 0 Å². The van der Waals surface area contributed by atoms with Crippen LogP contribution >= 0.6 is 0 Å². The normalized spacial score (nSPS) is 16.3. The molecule has 0 radical (unpaired) electrons. The first-order chi connectivity index (χ1) is 13.0. The second-order valence-electron chi connectivity index (χ2n) is 6.11. The molecule has 0 N–H and O–H groups in total. The zero-order valence-corrected chi connectivity index (χ0v) is 15.1. The van der Waals surface area contributed by atoms with Gasteiger partial charge in [-0.1, -0.05) is 19.1 Å². The Morgan fingerprint density at radius 3 is 2.70 bits per heavy atom. The third-order valence-corrected chi connectivity index (χ3v) is 4.44. The second-order valence-corrected chi connectivity index (χ2v) is 6.11. The van der Waals surface area contributed by atoms with Gasteiger partial charge in [0.2, 0.25) is 5.82 Å². The Bertz CT molecular complexity index is 859. The van der Waals surface area contributed by atoms with Crippen molar-refractivity contribution in [1.82, 2.24) is 14.9 Å². The number of rotatable bonds is 5. The van der Waals surface area contributed by atoms with Gasteiger partial charge in [-0.25, -0.2) is 9.78 Å². The summed E-state index contributed by atoms with van der Waals surface area (Å²) in [5, 5.41) is 0. The summed E-state index contributed by atoms with van der Waals surface area (Å²) in [6.07, 6.45) is 1.86. The molecular weight excluding hydrogens is 353 g/mol. The van der Waals surface area contributed by atoms with Gasteiger partial charge in [0.25, 0.3) is 11.8 Å². The quantitative estimate of drug-likeness (QED) is 0.748. The SMILES string of the molecule is CCc1ncnc(OC2CCN(C(=O)c3ccccc3C(=O)OC)C2)c1F. The summed E-state index contributed by atoms with van der Waals surface area (Å²) in [5.74, 6) is -1.53. The number of hydrogen-bond donors (Lipinski definition) is 0.